The van der Waals surface area contributed by atoms with Gasteiger partial charge in [0.15, 0.2) is 12.4 Å². The van der Waals surface area contributed by atoms with Crippen molar-refractivity contribution in [2.45, 2.75) is 6.92 Å². The number of nitrogens with zero attached hydrogens (tertiary/aromatic N) is 2. The van der Waals surface area contributed by atoms with E-state index < -0.39 is 10.8 Å². The first-order valence-corrected chi connectivity index (χ1v) is 8.22. The Morgan fingerprint density at radius 3 is 2.78 bits per heavy atom. The van der Waals surface area contributed by atoms with Gasteiger partial charge in [0.25, 0.3) is 5.91 Å². The van der Waals surface area contributed by atoms with Gasteiger partial charge in [-0.3, -0.25) is 14.9 Å². The number of rotatable bonds is 6. The van der Waals surface area contributed by atoms with Crippen molar-refractivity contribution < 1.29 is 14.5 Å². The van der Waals surface area contributed by atoms with Crippen LogP contribution >= 0.6 is 0 Å². The molecule has 7 nitrogen and oxygen atoms in total. The minimum Gasteiger partial charge on any atom is -0.477 e. The van der Waals surface area contributed by atoms with Crippen molar-refractivity contribution in [1.29, 1.82) is 0 Å². The van der Waals surface area contributed by atoms with Crippen LogP contribution in [0.15, 0.2) is 65.8 Å². The highest BCUT2D eigenvalue weighted by atomic mass is 16.6. The SMILES string of the molecule is Cc1ccc(OCC(=O)NN=Cc2cccc3ccccc23)c([N+](=O)[O-])c1. The Labute approximate surface area is 155 Å². The van der Waals surface area contributed by atoms with E-state index in [9.17, 15) is 14.9 Å². The van der Waals surface area contributed by atoms with Gasteiger partial charge in [-0.2, -0.15) is 5.10 Å². The molecule has 0 aliphatic rings. The maximum absolute atomic E-state index is 11.9. The van der Waals surface area contributed by atoms with Gasteiger partial charge in [0.1, 0.15) is 0 Å². The first-order chi connectivity index (χ1) is 13.0. The number of hydrogen-bond acceptors (Lipinski definition) is 5. The van der Waals surface area contributed by atoms with E-state index in [1.165, 1.54) is 12.1 Å². The van der Waals surface area contributed by atoms with Crippen molar-refractivity contribution in [2.24, 2.45) is 5.10 Å². The summed E-state index contributed by atoms with van der Waals surface area (Å²) in [5.74, 6) is -0.472. The molecular formula is C20H17N3O4. The number of hydrogen-bond donors (Lipinski definition) is 1. The van der Waals surface area contributed by atoms with E-state index in [4.69, 9.17) is 4.74 Å². The lowest BCUT2D eigenvalue weighted by molar-refractivity contribution is -0.385. The summed E-state index contributed by atoms with van der Waals surface area (Å²) >= 11 is 0. The summed E-state index contributed by atoms with van der Waals surface area (Å²) in [4.78, 5) is 22.4. The second-order valence-corrected chi connectivity index (χ2v) is 5.88. The Morgan fingerprint density at radius 2 is 1.96 bits per heavy atom. The van der Waals surface area contributed by atoms with Gasteiger partial charge in [0.05, 0.1) is 11.1 Å². The van der Waals surface area contributed by atoms with Crippen molar-refractivity contribution in [3.8, 4) is 5.75 Å². The third-order valence-electron chi connectivity index (χ3n) is 3.89. The van der Waals surface area contributed by atoms with Crippen LogP contribution in [0.5, 0.6) is 5.75 Å². The summed E-state index contributed by atoms with van der Waals surface area (Å²) in [5, 5.41) is 17.1. The molecular weight excluding hydrogens is 346 g/mol. The lowest BCUT2D eigenvalue weighted by Gasteiger charge is -2.06. The Balaban J connectivity index is 1.62. The third kappa shape index (κ3) is 4.46. The number of fused-ring (bicyclic) bond motifs is 1. The molecule has 3 aromatic rings. The van der Waals surface area contributed by atoms with Gasteiger partial charge in [-0.1, -0.05) is 48.5 Å². The molecule has 27 heavy (non-hydrogen) atoms. The fourth-order valence-corrected chi connectivity index (χ4v) is 2.60. The van der Waals surface area contributed by atoms with Gasteiger partial charge in [-0.25, -0.2) is 5.43 Å². The molecule has 0 bridgehead atoms. The van der Waals surface area contributed by atoms with E-state index in [1.807, 2.05) is 42.5 Å². The zero-order valence-corrected chi connectivity index (χ0v) is 14.6. The van der Waals surface area contributed by atoms with Crippen LogP contribution in [0.4, 0.5) is 5.69 Å². The number of nitro benzene ring substituents is 1. The van der Waals surface area contributed by atoms with Crippen LogP contribution in [0, 0.1) is 17.0 Å². The maximum Gasteiger partial charge on any atom is 0.311 e. The van der Waals surface area contributed by atoms with Gasteiger partial charge >= 0.3 is 5.69 Å². The molecule has 0 atom stereocenters. The molecule has 0 aliphatic heterocycles. The molecule has 1 amide bonds. The largest absolute Gasteiger partial charge is 0.477 e. The highest BCUT2D eigenvalue weighted by molar-refractivity contribution is 5.99. The Kier molecular flexibility index (Phi) is 5.41. The summed E-state index contributed by atoms with van der Waals surface area (Å²) in [6.07, 6.45) is 1.55. The summed E-state index contributed by atoms with van der Waals surface area (Å²) in [5.41, 5.74) is 3.78. The van der Waals surface area contributed by atoms with Crippen LogP contribution in [-0.4, -0.2) is 23.7 Å². The Hall–Kier alpha value is -3.74. The van der Waals surface area contributed by atoms with Crippen molar-refractivity contribution in [3.05, 3.63) is 81.9 Å². The van der Waals surface area contributed by atoms with Crippen LogP contribution in [-0.2, 0) is 4.79 Å². The van der Waals surface area contributed by atoms with Crippen molar-refractivity contribution in [2.75, 3.05) is 6.61 Å². The summed E-state index contributed by atoms with van der Waals surface area (Å²) < 4.78 is 5.26. The zero-order valence-electron chi connectivity index (χ0n) is 14.6. The molecule has 0 radical (unpaired) electrons. The average molecular weight is 363 g/mol. The van der Waals surface area contributed by atoms with Gasteiger partial charge in [0, 0.05) is 11.6 Å². The standard InChI is InChI=1S/C20H17N3O4/c1-14-9-10-19(18(11-14)23(25)26)27-13-20(24)22-21-12-16-7-4-6-15-5-2-3-8-17(15)16/h2-12H,13H2,1H3,(H,22,24). The minimum atomic E-state index is -0.543. The first-order valence-electron chi connectivity index (χ1n) is 8.22. The van der Waals surface area contributed by atoms with E-state index >= 15 is 0 Å². The van der Waals surface area contributed by atoms with Gasteiger partial charge in [0.2, 0.25) is 0 Å². The summed E-state index contributed by atoms with van der Waals surface area (Å²) in [6, 6.07) is 18.2. The predicted molar refractivity (Wildman–Crippen MR) is 103 cm³/mol. The van der Waals surface area contributed by atoms with Crippen LogP contribution < -0.4 is 10.2 Å². The topological polar surface area (TPSA) is 93.8 Å². The average Bonchev–Trinajstić information content (AvgIpc) is 2.67. The molecule has 0 saturated heterocycles. The summed E-state index contributed by atoms with van der Waals surface area (Å²) in [7, 11) is 0. The van der Waals surface area contributed by atoms with Crippen molar-refractivity contribution in [1.82, 2.24) is 5.43 Å². The quantitative estimate of drug-likeness (QED) is 0.411. The van der Waals surface area contributed by atoms with E-state index in [-0.39, 0.29) is 18.0 Å². The molecule has 1 N–H and O–H groups in total. The summed E-state index contributed by atoms with van der Waals surface area (Å²) in [6.45, 7) is 1.36. The molecule has 0 fully saturated rings. The number of nitrogens with one attached hydrogen (secondary N) is 1. The monoisotopic (exact) mass is 363 g/mol. The number of carbonyl (C=O) groups is 1. The molecule has 0 aromatic heterocycles. The lowest BCUT2D eigenvalue weighted by Crippen LogP contribution is -2.24. The Bertz CT molecular complexity index is 1030. The maximum atomic E-state index is 11.9. The zero-order chi connectivity index (χ0) is 19.2. The second kappa shape index (κ2) is 8.09. The number of benzene rings is 3. The molecule has 0 unspecified atom stereocenters. The van der Waals surface area contributed by atoms with Crippen LogP contribution in [0.3, 0.4) is 0 Å². The fraction of sp³-hybridized carbons (Fsp3) is 0.100. The van der Waals surface area contributed by atoms with E-state index in [0.717, 1.165) is 21.9 Å². The number of nitro groups is 1. The fourth-order valence-electron chi connectivity index (χ4n) is 2.60. The normalized spacial score (nSPS) is 10.9. The molecule has 0 spiro atoms. The van der Waals surface area contributed by atoms with E-state index in [2.05, 4.69) is 10.5 Å². The van der Waals surface area contributed by atoms with E-state index in [1.54, 1.807) is 19.2 Å². The number of carbonyl (C=O) groups excluding carboxylic acids is 1. The highest BCUT2D eigenvalue weighted by Gasteiger charge is 2.16. The third-order valence-corrected chi connectivity index (χ3v) is 3.89. The van der Waals surface area contributed by atoms with Gasteiger partial charge in [-0.05, 0) is 29.3 Å². The van der Waals surface area contributed by atoms with Crippen molar-refractivity contribution >= 4 is 28.6 Å². The van der Waals surface area contributed by atoms with Crippen molar-refractivity contribution in [3.63, 3.8) is 0 Å². The molecule has 3 aromatic carbocycles. The molecule has 0 saturated carbocycles. The molecule has 0 heterocycles. The number of aryl methyl sites for hydroxylation is 1. The lowest BCUT2D eigenvalue weighted by atomic mass is 10.1. The number of ether oxygens (including phenoxy) is 1. The molecule has 136 valence electrons. The number of amides is 1. The van der Waals surface area contributed by atoms with Crippen LogP contribution in [0.1, 0.15) is 11.1 Å². The second-order valence-electron chi connectivity index (χ2n) is 5.88. The number of hydrazone groups is 1. The predicted octanol–water partition coefficient (Wildman–Crippen LogP) is 3.59. The molecule has 7 heteroatoms. The van der Waals surface area contributed by atoms with Gasteiger partial charge in [-0.15, -0.1) is 0 Å². The molecule has 0 aliphatic carbocycles. The van der Waals surface area contributed by atoms with Crippen LogP contribution in [0.25, 0.3) is 10.8 Å². The smallest absolute Gasteiger partial charge is 0.311 e. The van der Waals surface area contributed by atoms with E-state index in [0.29, 0.717) is 0 Å². The van der Waals surface area contributed by atoms with Gasteiger partial charge < -0.3 is 4.74 Å². The minimum absolute atomic E-state index is 0.0405. The Morgan fingerprint density at radius 1 is 1.19 bits per heavy atom. The molecule has 3 rings (SSSR count). The highest BCUT2D eigenvalue weighted by Crippen LogP contribution is 2.27. The first kappa shape index (κ1) is 18.1. The van der Waals surface area contributed by atoms with Crippen LogP contribution in [0.2, 0.25) is 0 Å².